The lowest BCUT2D eigenvalue weighted by Crippen LogP contribution is -1.95. The van der Waals surface area contributed by atoms with Gasteiger partial charge in [-0.3, -0.25) is 10.1 Å². The zero-order valence-electron chi connectivity index (χ0n) is 10.3. The minimum atomic E-state index is -0.569. The summed E-state index contributed by atoms with van der Waals surface area (Å²) in [5, 5.41) is 23.4. The Balaban J connectivity index is 2.32. The number of rotatable bonds is 3. The normalized spacial score (nSPS) is 9.95. The number of anilines is 2. The van der Waals surface area contributed by atoms with Crippen molar-refractivity contribution in [1.82, 2.24) is 4.98 Å². The smallest absolute Gasteiger partial charge is 0.287 e. The molecule has 0 fully saturated rings. The number of nitrogens with one attached hydrogen (secondary N) is 1. The first-order valence-corrected chi connectivity index (χ1v) is 6.22. The number of thiazole rings is 1. The summed E-state index contributed by atoms with van der Waals surface area (Å²) in [6, 6.07) is 6.14. The average Bonchev–Trinajstić information content (AvgIpc) is 2.67. The molecule has 6 nitrogen and oxygen atoms in total. The molecule has 0 saturated heterocycles. The van der Waals surface area contributed by atoms with Gasteiger partial charge in [-0.15, -0.1) is 11.3 Å². The summed E-state index contributed by atoms with van der Waals surface area (Å²) >= 11 is 1.49. The number of nitrogens with zero attached hydrogens (tertiary/aromatic N) is 3. The van der Waals surface area contributed by atoms with Gasteiger partial charge in [-0.05, 0) is 26.0 Å². The first-order valence-electron chi connectivity index (χ1n) is 5.41. The van der Waals surface area contributed by atoms with Gasteiger partial charge in [0.05, 0.1) is 10.6 Å². The lowest BCUT2D eigenvalue weighted by Gasteiger charge is -2.03. The van der Waals surface area contributed by atoms with Crippen LogP contribution in [0.25, 0.3) is 0 Å². The van der Waals surface area contributed by atoms with Gasteiger partial charge in [0.1, 0.15) is 11.6 Å². The molecule has 0 radical (unpaired) electrons. The van der Waals surface area contributed by atoms with Gasteiger partial charge in [0.2, 0.25) is 0 Å². The van der Waals surface area contributed by atoms with Crippen molar-refractivity contribution in [1.29, 1.82) is 5.26 Å². The maximum atomic E-state index is 10.7. The van der Waals surface area contributed by atoms with Gasteiger partial charge in [0.15, 0.2) is 5.13 Å². The van der Waals surface area contributed by atoms with Crippen LogP contribution >= 0.6 is 11.3 Å². The molecule has 0 atom stereocenters. The second-order valence-electron chi connectivity index (χ2n) is 3.89. The molecule has 19 heavy (non-hydrogen) atoms. The minimum Gasteiger partial charge on any atom is -0.331 e. The predicted octanol–water partition coefficient (Wildman–Crippen LogP) is 3.28. The standard InChI is InChI=1S/C12H10N4O2S/c1-7-8(2)19-12(14-7)15-10-3-4-11(16(17)18)9(5-10)6-13/h3-5H,1-2H3,(H,14,15). The van der Waals surface area contributed by atoms with Gasteiger partial charge in [-0.2, -0.15) is 5.26 Å². The molecule has 1 N–H and O–H groups in total. The molecule has 96 valence electrons. The van der Waals surface area contributed by atoms with Crippen LogP contribution in [0.2, 0.25) is 0 Å². The predicted molar refractivity (Wildman–Crippen MR) is 72.7 cm³/mol. The van der Waals surface area contributed by atoms with Crippen LogP contribution < -0.4 is 5.32 Å². The summed E-state index contributed by atoms with van der Waals surface area (Å²) in [6.07, 6.45) is 0. The molecule has 2 rings (SSSR count). The largest absolute Gasteiger partial charge is 0.331 e. The van der Waals surface area contributed by atoms with Crippen LogP contribution in [0.4, 0.5) is 16.5 Å². The third kappa shape index (κ3) is 2.69. The van der Waals surface area contributed by atoms with Crippen LogP contribution in [0.1, 0.15) is 16.1 Å². The average molecular weight is 274 g/mol. The van der Waals surface area contributed by atoms with E-state index in [1.54, 1.807) is 6.07 Å². The van der Waals surface area contributed by atoms with Gasteiger partial charge in [-0.1, -0.05) is 0 Å². The lowest BCUT2D eigenvalue weighted by atomic mass is 10.2. The van der Waals surface area contributed by atoms with Crippen LogP contribution in [0.15, 0.2) is 18.2 Å². The van der Waals surface area contributed by atoms with E-state index in [2.05, 4.69) is 10.3 Å². The summed E-state index contributed by atoms with van der Waals surface area (Å²) in [6.45, 7) is 3.88. The number of aromatic nitrogens is 1. The van der Waals surface area contributed by atoms with Gasteiger partial charge >= 0.3 is 0 Å². The van der Waals surface area contributed by atoms with E-state index in [9.17, 15) is 10.1 Å². The Bertz CT molecular complexity index is 668. The Morgan fingerprint density at radius 2 is 2.21 bits per heavy atom. The monoisotopic (exact) mass is 274 g/mol. The molecule has 2 aromatic rings. The first-order chi connectivity index (χ1) is 9.01. The molecule has 1 heterocycles. The Morgan fingerprint density at radius 3 is 2.74 bits per heavy atom. The summed E-state index contributed by atoms with van der Waals surface area (Å²) < 4.78 is 0. The fraction of sp³-hybridized carbons (Fsp3) is 0.167. The van der Waals surface area contributed by atoms with Gasteiger partial charge < -0.3 is 5.32 Å². The fourth-order valence-corrected chi connectivity index (χ4v) is 2.35. The number of hydrogen-bond acceptors (Lipinski definition) is 6. The van der Waals surface area contributed by atoms with Crippen LogP contribution in [0.3, 0.4) is 0 Å². The Labute approximate surface area is 113 Å². The van der Waals surface area contributed by atoms with Crippen LogP contribution in [0, 0.1) is 35.3 Å². The molecule has 0 aliphatic rings. The Morgan fingerprint density at radius 1 is 1.47 bits per heavy atom. The van der Waals surface area contributed by atoms with E-state index in [1.165, 1.54) is 23.5 Å². The Hall–Kier alpha value is -2.46. The van der Waals surface area contributed by atoms with Crippen LogP contribution in [-0.2, 0) is 0 Å². The quantitative estimate of drug-likeness (QED) is 0.685. The molecule has 0 aliphatic carbocycles. The van der Waals surface area contributed by atoms with E-state index in [-0.39, 0.29) is 11.3 Å². The van der Waals surface area contributed by atoms with E-state index >= 15 is 0 Å². The summed E-state index contributed by atoms with van der Waals surface area (Å²) in [4.78, 5) is 15.6. The van der Waals surface area contributed by atoms with Crippen molar-refractivity contribution in [2.75, 3.05) is 5.32 Å². The van der Waals surface area contributed by atoms with E-state index in [0.717, 1.165) is 10.6 Å². The van der Waals surface area contributed by atoms with Gasteiger partial charge in [-0.25, -0.2) is 4.98 Å². The molecule has 7 heteroatoms. The number of hydrogen-bond donors (Lipinski definition) is 1. The SMILES string of the molecule is Cc1nc(Nc2ccc([N+](=O)[O-])c(C#N)c2)sc1C. The highest BCUT2D eigenvalue weighted by Gasteiger charge is 2.14. The summed E-state index contributed by atoms with van der Waals surface area (Å²) in [5.74, 6) is 0. The second kappa shape index (κ2) is 5.04. The zero-order chi connectivity index (χ0) is 14.0. The zero-order valence-corrected chi connectivity index (χ0v) is 11.1. The highest BCUT2D eigenvalue weighted by molar-refractivity contribution is 7.15. The molecular formula is C12H10N4O2S. The van der Waals surface area contributed by atoms with Crippen LogP contribution in [0.5, 0.6) is 0 Å². The number of nitriles is 1. The van der Waals surface area contributed by atoms with Crippen molar-refractivity contribution in [3.05, 3.63) is 44.4 Å². The van der Waals surface area contributed by atoms with E-state index < -0.39 is 4.92 Å². The molecular weight excluding hydrogens is 264 g/mol. The van der Waals surface area contributed by atoms with Crippen molar-refractivity contribution in [2.45, 2.75) is 13.8 Å². The fourth-order valence-electron chi connectivity index (χ4n) is 1.51. The molecule has 0 unspecified atom stereocenters. The molecule has 0 aliphatic heterocycles. The Kier molecular flexibility index (Phi) is 3.44. The van der Waals surface area contributed by atoms with Crippen molar-refractivity contribution < 1.29 is 4.92 Å². The maximum absolute atomic E-state index is 10.7. The second-order valence-corrected chi connectivity index (χ2v) is 5.09. The topological polar surface area (TPSA) is 91.8 Å². The van der Waals surface area contributed by atoms with Gasteiger partial charge in [0, 0.05) is 16.6 Å². The summed E-state index contributed by atoms with van der Waals surface area (Å²) in [5.41, 5.74) is 1.38. The van der Waals surface area contributed by atoms with Crippen molar-refractivity contribution in [2.24, 2.45) is 0 Å². The molecule has 0 bridgehead atoms. The lowest BCUT2D eigenvalue weighted by molar-refractivity contribution is -0.385. The van der Waals surface area contributed by atoms with Gasteiger partial charge in [0.25, 0.3) is 5.69 Å². The van der Waals surface area contributed by atoms with Crippen LogP contribution in [-0.4, -0.2) is 9.91 Å². The molecule has 0 amide bonds. The van der Waals surface area contributed by atoms with E-state index in [1.807, 2.05) is 19.9 Å². The molecule has 0 spiro atoms. The van der Waals surface area contributed by atoms with E-state index in [4.69, 9.17) is 5.26 Å². The molecule has 1 aromatic carbocycles. The number of benzene rings is 1. The highest BCUT2D eigenvalue weighted by Crippen LogP contribution is 2.27. The van der Waals surface area contributed by atoms with Crippen molar-refractivity contribution in [3.63, 3.8) is 0 Å². The first kappa shape index (κ1) is 13.0. The minimum absolute atomic E-state index is 0.0278. The maximum Gasteiger partial charge on any atom is 0.287 e. The van der Waals surface area contributed by atoms with E-state index in [0.29, 0.717) is 10.8 Å². The third-order valence-corrected chi connectivity index (χ3v) is 3.58. The molecule has 1 aromatic heterocycles. The number of aryl methyl sites for hydroxylation is 2. The van der Waals surface area contributed by atoms with Crippen molar-refractivity contribution in [3.8, 4) is 6.07 Å². The third-order valence-electron chi connectivity index (χ3n) is 2.59. The number of nitro benzene ring substituents is 1. The number of nitro groups is 1. The molecule has 0 saturated carbocycles. The summed E-state index contributed by atoms with van der Waals surface area (Å²) in [7, 11) is 0. The highest BCUT2D eigenvalue weighted by atomic mass is 32.1. The van der Waals surface area contributed by atoms with Crippen molar-refractivity contribution >= 4 is 27.8 Å².